The van der Waals surface area contributed by atoms with Crippen LogP contribution in [0, 0.1) is 0 Å². The Labute approximate surface area is 200 Å². The highest BCUT2D eigenvalue weighted by Gasteiger charge is 2.09. The Morgan fingerprint density at radius 2 is 1.50 bits per heavy atom. The number of carbonyl (C=O) groups excluding carboxylic acids is 3. The first-order valence-corrected chi connectivity index (χ1v) is 11.6. The van der Waals surface area contributed by atoms with Crippen molar-refractivity contribution in [1.29, 1.82) is 0 Å². The van der Waals surface area contributed by atoms with Gasteiger partial charge in [-0.1, -0.05) is 36.4 Å². The monoisotopic (exact) mass is 473 g/mol. The van der Waals surface area contributed by atoms with Crippen LogP contribution in [0.4, 0.5) is 5.69 Å². The van der Waals surface area contributed by atoms with Gasteiger partial charge in [-0.25, -0.2) is 0 Å². The molecule has 1 heterocycles. The van der Waals surface area contributed by atoms with Gasteiger partial charge in [0.05, 0.1) is 4.88 Å². The molecule has 172 valence electrons. The van der Waals surface area contributed by atoms with E-state index in [1.54, 1.807) is 30.3 Å². The molecule has 0 bridgehead atoms. The molecule has 0 atom stereocenters. The van der Waals surface area contributed by atoms with Gasteiger partial charge in [0, 0.05) is 24.3 Å². The van der Waals surface area contributed by atoms with Crippen LogP contribution in [0.15, 0.2) is 84.2 Å². The predicted molar refractivity (Wildman–Crippen MR) is 134 cm³/mol. The minimum absolute atomic E-state index is 0.127. The Bertz CT molecular complexity index is 1290. The molecule has 3 N–H and O–H groups in total. The number of thiophene rings is 1. The third kappa shape index (κ3) is 6.20. The minimum Gasteiger partial charge on any atom is -0.484 e. The van der Waals surface area contributed by atoms with Crippen molar-refractivity contribution in [3.8, 4) is 5.75 Å². The predicted octanol–water partition coefficient (Wildman–Crippen LogP) is 4.08. The van der Waals surface area contributed by atoms with Gasteiger partial charge in [0.25, 0.3) is 17.7 Å². The maximum Gasteiger partial charge on any atom is 0.262 e. The van der Waals surface area contributed by atoms with E-state index in [-0.39, 0.29) is 24.3 Å². The molecule has 0 saturated heterocycles. The summed E-state index contributed by atoms with van der Waals surface area (Å²) in [5.74, 6) is -0.101. The SMILES string of the molecule is O=C(COc1ccc2ccccc2c1)Nc1ccc(C(=O)NCCNC(=O)c2cccs2)cc1. The van der Waals surface area contributed by atoms with Crippen LogP contribution in [0.2, 0.25) is 0 Å². The molecule has 8 heteroatoms. The van der Waals surface area contributed by atoms with Crippen molar-refractivity contribution >= 4 is 45.5 Å². The molecule has 4 aromatic rings. The topological polar surface area (TPSA) is 96.5 Å². The summed E-state index contributed by atoms with van der Waals surface area (Å²) in [4.78, 5) is 37.0. The molecular weight excluding hydrogens is 450 g/mol. The second-order valence-electron chi connectivity index (χ2n) is 7.41. The number of carbonyl (C=O) groups is 3. The molecule has 0 aliphatic carbocycles. The second-order valence-corrected chi connectivity index (χ2v) is 8.36. The van der Waals surface area contributed by atoms with Gasteiger partial charge in [0.1, 0.15) is 5.75 Å². The van der Waals surface area contributed by atoms with Crippen molar-refractivity contribution in [2.75, 3.05) is 25.0 Å². The van der Waals surface area contributed by atoms with Gasteiger partial charge < -0.3 is 20.7 Å². The molecule has 0 saturated carbocycles. The molecule has 3 amide bonds. The molecule has 0 aliphatic rings. The number of anilines is 1. The molecule has 0 unspecified atom stereocenters. The summed E-state index contributed by atoms with van der Waals surface area (Å²) < 4.78 is 5.60. The molecular formula is C26H23N3O4S. The van der Waals surface area contributed by atoms with Gasteiger partial charge in [-0.3, -0.25) is 14.4 Å². The van der Waals surface area contributed by atoms with Crippen LogP contribution in [-0.2, 0) is 4.79 Å². The fraction of sp³-hybridized carbons (Fsp3) is 0.115. The van der Waals surface area contributed by atoms with Crippen LogP contribution in [0.1, 0.15) is 20.0 Å². The zero-order chi connectivity index (χ0) is 23.8. The molecule has 0 spiro atoms. The lowest BCUT2D eigenvalue weighted by Crippen LogP contribution is -2.34. The zero-order valence-electron chi connectivity index (χ0n) is 18.2. The average Bonchev–Trinajstić information content (AvgIpc) is 3.41. The summed E-state index contributed by atoms with van der Waals surface area (Å²) in [6, 6.07) is 23.7. The van der Waals surface area contributed by atoms with E-state index in [0.717, 1.165) is 10.8 Å². The fourth-order valence-corrected chi connectivity index (χ4v) is 3.90. The van der Waals surface area contributed by atoms with Crippen molar-refractivity contribution in [3.63, 3.8) is 0 Å². The number of amides is 3. The highest BCUT2D eigenvalue weighted by molar-refractivity contribution is 7.12. The molecule has 4 rings (SSSR count). The minimum atomic E-state index is -0.299. The Kier molecular flexibility index (Phi) is 7.52. The third-order valence-corrected chi connectivity index (χ3v) is 5.83. The van der Waals surface area contributed by atoms with Gasteiger partial charge in [-0.2, -0.15) is 0 Å². The lowest BCUT2D eigenvalue weighted by Gasteiger charge is -2.09. The summed E-state index contributed by atoms with van der Waals surface area (Å²) in [6.45, 7) is 0.506. The smallest absolute Gasteiger partial charge is 0.262 e. The molecule has 0 aliphatic heterocycles. The van der Waals surface area contributed by atoms with Gasteiger partial charge in [0.15, 0.2) is 6.61 Å². The number of hydrogen-bond donors (Lipinski definition) is 3. The lowest BCUT2D eigenvalue weighted by atomic mass is 10.1. The van der Waals surface area contributed by atoms with Crippen LogP contribution in [0.3, 0.4) is 0 Å². The quantitative estimate of drug-likeness (QED) is 0.319. The van der Waals surface area contributed by atoms with E-state index >= 15 is 0 Å². The molecule has 34 heavy (non-hydrogen) atoms. The van der Waals surface area contributed by atoms with Gasteiger partial charge in [-0.15, -0.1) is 11.3 Å². The van der Waals surface area contributed by atoms with E-state index in [1.807, 2.05) is 53.9 Å². The van der Waals surface area contributed by atoms with Crippen molar-refractivity contribution in [3.05, 3.63) is 94.7 Å². The summed E-state index contributed by atoms with van der Waals surface area (Å²) >= 11 is 1.36. The zero-order valence-corrected chi connectivity index (χ0v) is 19.1. The maximum absolute atomic E-state index is 12.3. The van der Waals surface area contributed by atoms with E-state index in [4.69, 9.17) is 4.74 Å². The van der Waals surface area contributed by atoms with Crippen LogP contribution in [0.25, 0.3) is 10.8 Å². The largest absolute Gasteiger partial charge is 0.484 e. The first-order chi connectivity index (χ1) is 16.6. The molecule has 0 radical (unpaired) electrons. The van der Waals surface area contributed by atoms with E-state index in [0.29, 0.717) is 35.0 Å². The fourth-order valence-electron chi connectivity index (χ4n) is 3.26. The van der Waals surface area contributed by atoms with Crippen molar-refractivity contribution < 1.29 is 19.1 Å². The number of ether oxygens (including phenoxy) is 1. The Morgan fingerprint density at radius 1 is 0.765 bits per heavy atom. The van der Waals surface area contributed by atoms with Crippen LogP contribution in [0.5, 0.6) is 5.75 Å². The number of benzene rings is 3. The number of hydrogen-bond acceptors (Lipinski definition) is 5. The highest BCUT2D eigenvalue weighted by atomic mass is 32.1. The number of rotatable bonds is 9. The summed E-state index contributed by atoms with van der Waals surface area (Å²) in [7, 11) is 0. The number of nitrogens with one attached hydrogen (secondary N) is 3. The molecule has 3 aromatic carbocycles. The van der Waals surface area contributed by atoms with Crippen LogP contribution in [-0.4, -0.2) is 37.4 Å². The molecule has 0 fully saturated rings. The normalized spacial score (nSPS) is 10.5. The standard InChI is InChI=1S/C26H23N3O4S/c30-24(17-33-22-12-9-18-4-1-2-5-20(18)16-22)29-21-10-7-19(8-11-21)25(31)27-13-14-28-26(32)23-6-3-15-34-23/h1-12,15-16H,13-14,17H2,(H,27,31)(H,28,32)(H,29,30). The second kappa shape index (κ2) is 11.1. The number of fused-ring (bicyclic) bond motifs is 1. The Morgan fingerprint density at radius 3 is 2.24 bits per heavy atom. The van der Waals surface area contributed by atoms with Crippen molar-refractivity contribution in [1.82, 2.24) is 10.6 Å². The first-order valence-electron chi connectivity index (χ1n) is 10.7. The molecule has 7 nitrogen and oxygen atoms in total. The van der Waals surface area contributed by atoms with Crippen LogP contribution >= 0.6 is 11.3 Å². The summed E-state index contributed by atoms with van der Waals surface area (Å²) in [6.07, 6.45) is 0. The summed E-state index contributed by atoms with van der Waals surface area (Å²) in [5, 5.41) is 12.2. The van der Waals surface area contributed by atoms with Crippen molar-refractivity contribution in [2.24, 2.45) is 0 Å². The van der Waals surface area contributed by atoms with Gasteiger partial charge in [-0.05, 0) is 58.6 Å². The third-order valence-electron chi connectivity index (χ3n) is 4.96. The molecule has 1 aromatic heterocycles. The van der Waals surface area contributed by atoms with E-state index < -0.39 is 0 Å². The van der Waals surface area contributed by atoms with Gasteiger partial charge >= 0.3 is 0 Å². The average molecular weight is 474 g/mol. The van der Waals surface area contributed by atoms with Crippen molar-refractivity contribution in [2.45, 2.75) is 0 Å². The van der Waals surface area contributed by atoms with Gasteiger partial charge in [0.2, 0.25) is 0 Å². The maximum atomic E-state index is 12.3. The Hall–Kier alpha value is -4.17. The Balaban J connectivity index is 1.19. The lowest BCUT2D eigenvalue weighted by molar-refractivity contribution is -0.118. The highest BCUT2D eigenvalue weighted by Crippen LogP contribution is 2.20. The van der Waals surface area contributed by atoms with E-state index in [2.05, 4.69) is 16.0 Å². The van der Waals surface area contributed by atoms with Crippen LogP contribution < -0.4 is 20.7 Å². The van der Waals surface area contributed by atoms with E-state index in [9.17, 15) is 14.4 Å². The van der Waals surface area contributed by atoms with E-state index in [1.165, 1.54) is 11.3 Å². The first kappa shape index (κ1) is 23.0. The summed E-state index contributed by atoms with van der Waals surface area (Å²) in [5.41, 5.74) is 1.02.